The molecular formula is C16H19N3O. The molecule has 20 heavy (non-hydrogen) atoms. The van der Waals surface area contributed by atoms with Gasteiger partial charge >= 0.3 is 0 Å². The Balaban J connectivity index is 1.93. The van der Waals surface area contributed by atoms with Crippen LogP contribution in [0.1, 0.15) is 47.7 Å². The van der Waals surface area contributed by atoms with E-state index in [-0.39, 0.29) is 11.2 Å². The summed E-state index contributed by atoms with van der Waals surface area (Å²) in [5.74, 6) is 0.255. The normalized spacial score (nSPS) is 17.1. The standard InChI is InChI=1S/C16H19N3O/c1-11-8-18-12(9-17-11)10-19-5-4-13-14(19)6-16(2,3)7-15(13)20/h4-5,8-9H,6-7,10H2,1-3H3. The van der Waals surface area contributed by atoms with Crippen LogP contribution in [0, 0.1) is 12.3 Å². The highest BCUT2D eigenvalue weighted by Gasteiger charge is 2.32. The summed E-state index contributed by atoms with van der Waals surface area (Å²) in [6, 6.07) is 1.94. The van der Waals surface area contributed by atoms with Crippen LogP contribution in [0.15, 0.2) is 24.7 Å². The van der Waals surface area contributed by atoms with Crippen LogP contribution in [-0.2, 0) is 13.0 Å². The van der Waals surface area contributed by atoms with Gasteiger partial charge in [0.15, 0.2) is 5.78 Å². The molecule has 0 radical (unpaired) electrons. The van der Waals surface area contributed by atoms with Gasteiger partial charge in [-0.05, 0) is 24.8 Å². The van der Waals surface area contributed by atoms with Crippen molar-refractivity contribution in [3.63, 3.8) is 0 Å². The minimum atomic E-state index is 0.0408. The molecule has 0 amide bonds. The number of hydrogen-bond acceptors (Lipinski definition) is 3. The highest BCUT2D eigenvalue weighted by molar-refractivity contribution is 5.98. The zero-order chi connectivity index (χ0) is 14.3. The summed E-state index contributed by atoms with van der Waals surface area (Å²) in [5, 5.41) is 0. The lowest BCUT2D eigenvalue weighted by Crippen LogP contribution is -2.28. The fraction of sp³-hybridized carbons (Fsp3) is 0.438. The summed E-state index contributed by atoms with van der Waals surface area (Å²) in [4.78, 5) is 20.8. The van der Waals surface area contributed by atoms with Crippen molar-refractivity contribution < 1.29 is 4.79 Å². The molecule has 4 nitrogen and oxygen atoms in total. The number of nitrogens with zero attached hydrogens (tertiary/aromatic N) is 3. The van der Waals surface area contributed by atoms with Gasteiger partial charge in [0.25, 0.3) is 0 Å². The number of aryl methyl sites for hydroxylation is 1. The van der Waals surface area contributed by atoms with E-state index in [1.165, 1.54) is 0 Å². The van der Waals surface area contributed by atoms with E-state index >= 15 is 0 Å². The molecule has 104 valence electrons. The average Bonchev–Trinajstić information content (AvgIpc) is 2.74. The van der Waals surface area contributed by atoms with Crippen molar-refractivity contribution in [1.82, 2.24) is 14.5 Å². The van der Waals surface area contributed by atoms with Gasteiger partial charge in [-0.25, -0.2) is 0 Å². The maximum absolute atomic E-state index is 12.2. The van der Waals surface area contributed by atoms with Crippen LogP contribution in [0.25, 0.3) is 0 Å². The molecule has 2 aromatic heterocycles. The molecule has 1 aliphatic rings. The molecule has 4 heteroatoms. The second kappa shape index (κ2) is 4.54. The molecule has 0 saturated carbocycles. The third-order valence-electron chi connectivity index (χ3n) is 3.83. The molecule has 0 N–H and O–H groups in total. The Hall–Kier alpha value is -1.97. The van der Waals surface area contributed by atoms with Crippen molar-refractivity contribution >= 4 is 5.78 Å². The predicted octanol–water partition coefficient (Wildman–Crippen LogP) is 2.79. The lowest BCUT2D eigenvalue weighted by molar-refractivity contribution is 0.0910. The molecule has 0 bridgehead atoms. The quantitative estimate of drug-likeness (QED) is 0.842. The van der Waals surface area contributed by atoms with Crippen molar-refractivity contribution in [2.45, 2.75) is 40.2 Å². The summed E-state index contributed by atoms with van der Waals surface area (Å²) in [6.45, 7) is 6.90. The third kappa shape index (κ3) is 2.38. The Kier molecular flexibility index (Phi) is 2.96. The fourth-order valence-electron chi connectivity index (χ4n) is 2.83. The minimum Gasteiger partial charge on any atom is -0.345 e. The number of rotatable bonds is 2. The largest absolute Gasteiger partial charge is 0.345 e. The zero-order valence-corrected chi connectivity index (χ0v) is 12.2. The third-order valence-corrected chi connectivity index (χ3v) is 3.83. The monoisotopic (exact) mass is 269 g/mol. The van der Waals surface area contributed by atoms with Crippen LogP contribution < -0.4 is 0 Å². The van der Waals surface area contributed by atoms with E-state index in [4.69, 9.17) is 0 Å². The number of aromatic nitrogens is 3. The zero-order valence-electron chi connectivity index (χ0n) is 12.2. The molecule has 1 aliphatic carbocycles. The number of Topliss-reactive ketones (excluding diaryl/α,β-unsaturated/α-hetero) is 1. The summed E-state index contributed by atoms with van der Waals surface area (Å²) in [5.41, 5.74) is 3.89. The van der Waals surface area contributed by atoms with Crippen molar-refractivity contribution in [1.29, 1.82) is 0 Å². The van der Waals surface area contributed by atoms with Gasteiger partial charge in [-0.2, -0.15) is 0 Å². The van der Waals surface area contributed by atoms with Crippen LogP contribution in [0.3, 0.4) is 0 Å². The topological polar surface area (TPSA) is 47.8 Å². The van der Waals surface area contributed by atoms with Gasteiger partial charge in [0.05, 0.1) is 24.1 Å². The van der Waals surface area contributed by atoms with Gasteiger partial charge in [-0.15, -0.1) is 0 Å². The van der Waals surface area contributed by atoms with Gasteiger partial charge in [-0.3, -0.25) is 14.8 Å². The predicted molar refractivity (Wildman–Crippen MR) is 76.7 cm³/mol. The number of carbonyl (C=O) groups is 1. The molecule has 2 aromatic rings. The van der Waals surface area contributed by atoms with Crippen LogP contribution in [-0.4, -0.2) is 20.3 Å². The van der Waals surface area contributed by atoms with Gasteiger partial charge in [0.2, 0.25) is 0 Å². The maximum atomic E-state index is 12.2. The molecule has 0 aromatic carbocycles. The summed E-state index contributed by atoms with van der Waals surface area (Å²) < 4.78 is 2.13. The highest BCUT2D eigenvalue weighted by Crippen LogP contribution is 2.35. The Bertz CT molecular complexity index is 653. The summed E-state index contributed by atoms with van der Waals surface area (Å²) >= 11 is 0. The minimum absolute atomic E-state index is 0.0408. The van der Waals surface area contributed by atoms with Gasteiger partial charge in [0.1, 0.15) is 0 Å². The number of hydrogen-bond donors (Lipinski definition) is 0. The Labute approximate surface area is 118 Å². The fourth-order valence-corrected chi connectivity index (χ4v) is 2.83. The van der Waals surface area contributed by atoms with E-state index in [2.05, 4.69) is 28.4 Å². The molecule has 0 saturated heterocycles. The lowest BCUT2D eigenvalue weighted by Gasteiger charge is -2.29. The Morgan fingerprint density at radius 1 is 1.25 bits per heavy atom. The smallest absolute Gasteiger partial charge is 0.165 e. The molecule has 0 atom stereocenters. The summed E-state index contributed by atoms with van der Waals surface area (Å²) in [6.07, 6.45) is 7.14. The first-order valence-corrected chi connectivity index (χ1v) is 6.93. The van der Waals surface area contributed by atoms with Crippen molar-refractivity contribution in [3.05, 3.63) is 47.3 Å². The van der Waals surface area contributed by atoms with E-state index in [0.29, 0.717) is 13.0 Å². The van der Waals surface area contributed by atoms with Gasteiger partial charge in [-0.1, -0.05) is 13.8 Å². The molecular weight excluding hydrogens is 250 g/mol. The van der Waals surface area contributed by atoms with Crippen LogP contribution in [0.4, 0.5) is 0 Å². The van der Waals surface area contributed by atoms with Gasteiger partial charge in [0, 0.05) is 30.1 Å². The van der Waals surface area contributed by atoms with E-state index < -0.39 is 0 Å². The van der Waals surface area contributed by atoms with Crippen molar-refractivity contribution in [3.8, 4) is 0 Å². The van der Waals surface area contributed by atoms with E-state index in [9.17, 15) is 4.79 Å². The van der Waals surface area contributed by atoms with Crippen molar-refractivity contribution in [2.75, 3.05) is 0 Å². The average molecular weight is 269 g/mol. The lowest BCUT2D eigenvalue weighted by atomic mass is 9.76. The molecule has 0 aliphatic heterocycles. The van der Waals surface area contributed by atoms with E-state index in [1.54, 1.807) is 12.4 Å². The molecule has 0 fully saturated rings. The molecule has 0 spiro atoms. The van der Waals surface area contributed by atoms with E-state index in [1.807, 2.05) is 19.2 Å². The number of carbonyl (C=O) groups excluding carboxylic acids is 1. The summed E-state index contributed by atoms with van der Waals surface area (Å²) in [7, 11) is 0. The Morgan fingerprint density at radius 3 is 2.75 bits per heavy atom. The molecule has 2 heterocycles. The Morgan fingerprint density at radius 2 is 2.05 bits per heavy atom. The second-order valence-electron chi connectivity index (χ2n) is 6.39. The van der Waals surface area contributed by atoms with Gasteiger partial charge < -0.3 is 4.57 Å². The number of ketones is 1. The van der Waals surface area contributed by atoms with E-state index in [0.717, 1.165) is 29.1 Å². The van der Waals surface area contributed by atoms with Crippen LogP contribution in [0.2, 0.25) is 0 Å². The highest BCUT2D eigenvalue weighted by atomic mass is 16.1. The first-order valence-electron chi connectivity index (χ1n) is 6.93. The first-order chi connectivity index (χ1) is 9.44. The molecule has 0 unspecified atom stereocenters. The SMILES string of the molecule is Cc1cnc(Cn2ccc3c2CC(C)(C)CC3=O)cn1. The number of fused-ring (bicyclic) bond motifs is 1. The maximum Gasteiger partial charge on any atom is 0.165 e. The van der Waals surface area contributed by atoms with Crippen molar-refractivity contribution in [2.24, 2.45) is 5.41 Å². The van der Waals surface area contributed by atoms with Crippen LogP contribution in [0.5, 0.6) is 0 Å². The first kappa shape index (κ1) is 13.0. The molecule has 3 rings (SSSR count). The second-order valence-corrected chi connectivity index (χ2v) is 6.39. The van der Waals surface area contributed by atoms with Crippen LogP contribution >= 0.6 is 0 Å².